The molecule has 1 unspecified atom stereocenters. The molecule has 1 atom stereocenters. The molecule has 0 aliphatic heterocycles. The van der Waals surface area contributed by atoms with Crippen molar-refractivity contribution in [1.82, 2.24) is 15.3 Å². The summed E-state index contributed by atoms with van der Waals surface area (Å²) in [6.07, 6.45) is 1.83. The molecule has 0 aliphatic rings. The van der Waals surface area contributed by atoms with Gasteiger partial charge in [-0.15, -0.1) is 0 Å². The van der Waals surface area contributed by atoms with Gasteiger partial charge < -0.3 is 0 Å². The molecule has 0 radical (unpaired) electrons. The first-order chi connectivity index (χ1) is 10.1. The van der Waals surface area contributed by atoms with Gasteiger partial charge in [0, 0.05) is 17.1 Å². The van der Waals surface area contributed by atoms with Crippen LogP contribution in [0.25, 0.3) is 10.9 Å². The van der Waals surface area contributed by atoms with Crippen LogP contribution in [-0.4, -0.2) is 28.5 Å². The highest BCUT2D eigenvalue weighted by Crippen LogP contribution is 2.33. The largest absolute Gasteiger partial charge is 0.297 e. The number of nitrogens with one attached hydrogen (secondary N) is 1. The Bertz CT molecular complexity index is 585. The molecule has 0 spiro atoms. The van der Waals surface area contributed by atoms with Crippen LogP contribution in [0.2, 0.25) is 0 Å². The van der Waals surface area contributed by atoms with Crippen molar-refractivity contribution < 1.29 is 0 Å². The summed E-state index contributed by atoms with van der Waals surface area (Å²) >= 11 is 0. The molecular weight excluding hydrogens is 260 g/mol. The molecule has 114 valence electrons. The van der Waals surface area contributed by atoms with Gasteiger partial charge in [0.15, 0.2) is 0 Å². The number of hydrogen-bond donors (Lipinski definition) is 2. The maximum Gasteiger partial charge on any atom is 0.0705 e. The minimum Gasteiger partial charge on any atom is -0.297 e. The van der Waals surface area contributed by atoms with Crippen molar-refractivity contribution in [3.05, 3.63) is 42.1 Å². The highest BCUT2D eigenvalue weighted by Gasteiger charge is 2.35. The lowest BCUT2D eigenvalue weighted by molar-refractivity contribution is 0.0918. The SMILES string of the molecule is CCN(CC)C(C)(C)C(NN)c1cccc2ncccc12. The third kappa shape index (κ3) is 2.93. The second-order valence-corrected chi connectivity index (χ2v) is 5.84. The van der Waals surface area contributed by atoms with Crippen molar-refractivity contribution in [1.29, 1.82) is 0 Å². The zero-order chi connectivity index (χ0) is 15.5. The van der Waals surface area contributed by atoms with Gasteiger partial charge in [-0.25, -0.2) is 0 Å². The van der Waals surface area contributed by atoms with Crippen molar-refractivity contribution in [2.45, 2.75) is 39.3 Å². The normalized spacial score (nSPS) is 13.8. The van der Waals surface area contributed by atoms with Crippen molar-refractivity contribution in [2.75, 3.05) is 13.1 Å². The van der Waals surface area contributed by atoms with E-state index in [9.17, 15) is 0 Å². The van der Waals surface area contributed by atoms with Gasteiger partial charge in [0.05, 0.1) is 11.6 Å². The lowest BCUT2D eigenvalue weighted by Crippen LogP contribution is -2.54. The number of pyridine rings is 1. The number of rotatable bonds is 6. The summed E-state index contributed by atoms with van der Waals surface area (Å²) in [5.74, 6) is 5.93. The van der Waals surface area contributed by atoms with Crippen molar-refractivity contribution >= 4 is 10.9 Å². The number of fused-ring (bicyclic) bond motifs is 1. The zero-order valence-electron chi connectivity index (χ0n) is 13.4. The van der Waals surface area contributed by atoms with E-state index >= 15 is 0 Å². The lowest BCUT2D eigenvalue weighted by atomic mass is 9.85. The zero-order valence-corrected chi connectivity index (χ0v) is 13.4. The molecule has 2 aromatic rings. The topological polar surface area (TPSA) is 54.2 Å². The summed E-state index contributed by atoms with van der Waals surface area (Å²) in [6, 6.07) is 10.3. The van der Waals surface area contributed by atoms with E-state index in [1.54, 1.807) is 0 Å². The van der Waals surface area contributed by atoms with E-state index in [1.165, 1.54) is 5.56 Å². The molecule has 0 amide bonds. The van der Waals surface area contributed by atoms with E-state index in [2.05, 4.69) is 55.1 Å². The van der Waals surface area contributed by atoms with E-state index in [0.29, 0.717) is 0 Å². The maximum absolute atomic E-state index is 5.93. The fourth-order valence-corrected chi connectivity index (χ4v) is 3.27. The third-order valence-electron chi connectivity index (χ3n) is 4.44. The minimum atomic E-state index is -0.0949. The Morgan fingerprint density at radius 2 is 1.90 bits per heavy atom. The smallest absolute Gasteiger partial charge is 0.0705 e. The number of hydrogen-bond acceptors (Lipinski definition) is 4. The number of nitrogens with zero attached hydrogens (tertiary/aromatic N) is 2. The van der Waals surface area contributed by atoms with Gasteiger partial charge >= 0.3 is 0 Å². The Balaban J connectivity index is 2.54. The van der Waals surface area contributed by atoms with Gasteiger partial charge in [-0.1, -0.05) is 32.0 Å². The van der Waals surface area contributed by atoms with Gasteiger partial charge in [0.1, 0.15) is 0 Å². The molecule has 21 heavy (non-hydrogen) atoms. The number of hydrazine groups is 1. The van der Waals surface area contributed by atoms with Gasteiger partial charge in [-0.05, 0) is 44.6 Å². The molecule has 1 heterocycles. The van der Waals surface area contributed by atoms with Crippen LogP contribution in [0.5, 0.6) is 0 Å². The fourth-order valence-electron chi connectivity index (χ4n) is 3.27. The van der Waals surface area contributed by atoms with E-state index in [-0.39, 0.29) is 11.6 Å². The molecule has 0 aliphatic carbocycles. The summed E-state index contributed by atoms with van der Waals surface area (Å²) in [5.41, 5.74) is 5.14. The number of nitrogens with two attached hydrogens (primary N) is 1. The van der Waals surface area contributed by atoms with Crippen LogP contribution in [0.4, 0.5) is 0 Å². The van der Waals surface area contributed by atoms with E-state index in [0.717, 1.165) is 24.0 Å². The Morgan fingerprint density at radius 1 is 1.19 bits per heavy atom. The second kappa shape index (κ2) is 6.52. The summed E-state index contributed by atoms with van der Waals surface area (Å²) in [7, 11) is 0. The molecule has 0 saturated carbocycles. The van der Waals surface area contributed by atoms with Crippen LogP contribution in [0.15, 0.2) is 36.5 Å². The van der Waals surface area contributed by atoms with Crippen LogP contribution < -0.4 is 11.3 Å². The molecule has 2 rings (SSSR count). The van der Waals surface area contributed by atoms with Crippen molar-refractivity contribution in [3.8, 4) is 0 Å². The Morgan fingerprint density at radius 3 is 2.52 bits per heavy atom. The molecule has 4 heteroatoms. The summed E-state index contributed by atoms with van der Waals surface area (Å²) in [5, 5.41) is 1.16. The first-order valence-electron chi connectivity index (χ1n) is 7.61. The average Bonchev–Trinajstić information content (AvgIpc) is 2.49. The first kappa shape index (κ1) is 15.9. The monoisotopic (exact) mass is 286 g/mol. The Labute approximate surface area is 127 Å². The third-order valence-corrected chi connectivity index (χ3v) is 4.44. The van der Waals surface area contributed by atoms with Gasteiger partial charge in [-0.2, -0.15) is 0 Å². The molecule has 1 aromatic carbocycles. The van der Waals surface area contributed by atoms with Crippen LogP contribution in [0.1, 0.15) is 39.3 Å². The summed E-state index contributed by atoms with van der Waals surface area (Å²) < 4.78 is 0. The summed E-state index contributed by atoms with van der Waals surface area (Å²) in [4.78, 5) is 6.87. The van der Waals surface area contributed by atoms with Crippen molar-refractivity contribution in [2.24, 2.45) is 5.84 Å². The molecule has 4 nitrogen and oxygen atoms in total. The number of aromatic nitrogens is 1. The highest BCUT2D eigenvalue weighted by atomic mass is 15.3. The Kier molecular flexibility index (Phi) is 4.93. The molecule has 0 bridgehead atoms. The van der Waals surface area contributed by atoms with Crippen molar-refractivity contribution in [3.63, 3.8) is 0 Å². The molecular formula is C17H26N4. The first-order valence-corrected chi connectivity index (χ1v) is 7.61. The molecule has 1 aromatic heterocycles. The highest BCUT2D eigenvalue weighted by molar-refractivity contribution is 5.82. The van der Waals surface area contributed by atoms with Crippen LogP contribution >= 0.6 is 0 Å². The van der Waals surface area contributed by atoms with E-state index in [1.807, 2.05) is 24.4 Å². The van der Waals surface area contributed by atoms with E-state index in [4.69, 9.17) is 5.84 Å². The van der Waals surface area contributed by atoms with Crippen LogP contribution in [-0.2, 0) is 0 Å². The quantitative estimate of drug-likeness (QED) is 0.633. The molecule has 0 fully saturated rings. The summed E-state index contributed by atoms with van der Waals surface area (Å²) in [6.45, 7) is 10.8. The van der Waals surface area contributed by atoms with Crippen LogP contribution in [0, 0.1) is 0 Å². The standard InChI is InChI=1S/C17H26N4/c1-5-21(6-2)17(3,4)16(20-18)14-9-7-11-15-13(14)10-8-12-19-15/h7-12,16,20H,5-6,18H2,1-4H3. The van der Waals surface area contributed by atoms with Gasteiger partial charge in [0.2, 0.25) is 0 Å². The van der Waals surface area contributed by atoms with Gasteiger partial charge in [-0.3, -0.25) is 21.2 Å². The number of benzene rings is 1. The van der Waals surface area contributed by atoms with Crippen LogP contribution in [0.3, 0.4) is 0 Å². The predicted octanol–water partition coefficient (Wildman–Crippen LogP) is 2.86. The Hall–Kier alpha value is -1.49. The van der Waals surface area contributed by atoms with Gasteiger partial charge in [0.25, 0.3) is 0 Å². The second-order valence-electron chi connectivity index (χ2n) is 5.84. The molecule has 0 saturated heterocycles. The maximum atomic E-state index is 5.93. The molecule has 3 N–H and O–H groups in total. The predicted molar refractivity (Wildman–Crippen MR) is 88.8 cm³/mol. The number of likely N-dealkylation sites (N-methyl/N-ethyl adjacent to an activating group) is 1. The lowest BCUT2D eigenvalue weighted by Gasteiger charge is -2.43. The average molecular weight is 286 g/mol. The van der Waals surface area contributed by atoms with E-state index < -0.39 is 0 Å². The fraction of sp³-hybridized carbons (Fsp3) is 0.471. The minimum absolute atomic E-state index is 0.0327.